The number of ether oxygens (including phenoxy) is 1. The molecule has 4 atom stereocenters. The second-order valence-corrected chi connectivity index (χ2v) is 5.71. The normalized spacial score (nSPS) is 37.1. The van der Waals surface area contributed by atoms with Crippen molar-refractivity contribution in [3.63, 3.8) is 0 Å². The Labute approximate surface area is 89.3 Å². The van der Waals surface area contributed by atoms with Gasteiger partial charge in [0.25, 0.3) is 0 Å². The smallest absolute Gasteiger partial charge is 0.209 e. The summed E-state index contributed by atoms with van der Waals surface area (Å²) >= 11 is 0. The zero-order valence-corrected chi connectivity index (χ0v) is 9.57. The lowest BCUT2D eigenvalue weighted by Crippen LogP contribution is -2.42. The van der Waals surface area contributed by atoms with Gasteiger partial charge in [-0.25, -0.2) is 13.1 Å². The van der Waals surface area contributed by atoms with Crippen LogP contribution in [0.15, 0.2) is 0 Å². The van der Waals surface area contributed by atoms with Crippen molar-refractivity contribution in [1.29, 1.82) is 0 Å². The number of rotatable bonds is 4. The molecule has 0 amide bonds. The average molecular weight is 239 g/mol. The van der Waals surface area contributed by atoms with E-state index >= 15 is 0 Å². The first kappa shape index (κ1) is 12.9. The molecule has 1 fully saturated rings. The molecule has 0 aliphatic heterocycles. The minimum atomic E-state index is -3.36. The number of aliphatic hydroxyl groups excluding tert-OH is 2. The third-order valence-electron chi connectivity index (χ3n) is 2.55. The summed E-state index contributed by atoms with van der Waals surface area (Å²) in [4.78, 5) is 0. The zero-order valence-electron chi connectivity index (χ0n) is 8.75. The first-order valence-electron chi connectivity index (χ1n) is 4.67. The van der Waals surface area contributed by atoms with Gasteiger partial charge in [0.2, 0.25) is 10.0 Å². The van der Waals surface area contributed by atoms with E-state index in [9.17, 15) is 18.6 Å². The van der Waals surface area contributed by atoms with Gasteiger partial charge in [0.05, 0.1) is 31.1 Å². The van der Waals surface area contributed by atoms with Gasteiger partial charge in [0, 0.05) is 13.0 Å². The molecular weight excluding hydrogens is 222 g/mol. The van der Waals surface area contributed by atoms with Gasteiger partial charge < -0.3 is 14.9 Å². The van der Waals surface area contributed by atoms with Crippen molar-refractivity contribution in [2.75, 3.05) is 20.0 Å². The van der Waals surface area contributed by atoms with Gasteiger partial charge in [0.1, 0.15) is 0 Å². The van der Waals surface area contributed by atoms with Crippen molar-refractivity contribution in [2.24, 2.45) is 5.92 Å². The van der Waals surface area contributed by atoms with Crippen LogP contribution in [-0.2, 0) is 14.8 Å². The number of nitrogens with one attached hydrogen (secondary N) is 1. The summed E-state index contributed by atoms with van der Waals surface area (Å²) in [7, 11) is -1.87. The third kappa shape index (κ3) is 3.39. The molecule has 1 saturated carbocycles. The molecule has 0 saturated heterocycles. The van der Waals surface area contributed by atoms with Crippen LogP contribution in [-0.4, -0.2) is 56.9 Å². The lowest BCUT2D eigenvalue weighted by atomic mass is 10.1. The van der Waals surface area contributed by atoms with E-state index in [4.69, 9.17) is 4.74 Å². The monoisotopic (exact) mass is 239 g/mol. The van der Waals surface area contributed by atoms with Crippen LogP contribution in [0.3, 0.4) is 0 Å². The van der Waals surface area contributed by atoms with Gasteiger partial charge in [-0.05, 0) is 6.42 Å². The largest absolute Gasteiger partial charge is 0.390 e. The van der Waals surface area contributed by atoms with Crippen molar-refractivity contribution in [1.82, 2.24) is 4.72 Å². The molecule has 1 aliphatic rings. The van der Waals surface area contributed by atoms with Crippen molar-refractivity contribution in [3.8, 4) is 0 Å². The summed E-state index contributed by atoms with van der Waals surface area (Å²) in [6, 6.07) is -0.629. The Hall–Kier alpha value is -0.210. The van der Waals surface area contributed by atoms with Crippen LogP contribution in [0.25, 0.3) is 0 Å². The topological polar surface area (TPSA) is 95.9 Å². The maximum Gasteiger partial charge on any atom is 0.209 e. The van der Waals surface area contributed by atoms with Crippen molar-refractivity contribution < 1.29 is 23.4 Å². The van der Waals surface area contributed by atoms with Crippen LogP contribution in [0.4, 0.5) is 0 Å². The molecule has 6 nitrogen and oxygen atoms in total. The predicted octanol–water partition coefficient (Wildman–Crippen LogP) is -1.71. The van der Waals surface area contributed by atoms with E-state index < -0.39 is 28.3 Å². The maximum absolute atomic E-state index is 11.0. The van der Waals surface area contributed by atoms with Crippen LogP contribution in [0.5, 0.6) is 0 Å². The van der Waals surface area contributed by atoms with E-state index in [2.05, 4.69) is 4.72 Å². The fraction of sp³-hybridized carbons (Fsp3) is 1.00. The van der Waals surface area contributed by atoms with Crippen LogP contribution < -0.4 is 4.72 Å². The molecule has 7 heteroatoms. The van der Waals surface area contributed by atoms with E-state index in [-0.39, 0.29) is 5.92 Å². The summed E-state index contributed by atoms with van der Waals surface area (Å²) in [5.74, 6) is -0.232. The van der Waals surface area contributed by atoms with Gasteiger partial charge in [-0.2, -0.15) is 0 Å². The number of sulfonamides is 1. The maximum atomic E-state index is 11.0. The Bertz CT molecular complexity index is 304. The second kappa shape index (κ2) is 4.75. The zero-order chi connectivity index (χ0) is 11.6. The fourth-order valence-electron chi connectivity index (χ4n) is 1.90. The van der Waals surface area contributed by atoms with E-state index in [0.717, 1.165) is 6.26 Å². The van der Waals surface area contributed by atoms with E-state index in [1.807, 2.05) is 0 Å². The van der Waals surface area contributed by atoms with Gasteiger partial charge in [-0.15, -0.1) is 0 Å². The lowest BCUT2D eigenvalue weighted by molar-refractivity contribution is -0.00424. The van der Waals surface area contributed by atoms with Crippen LogP contribution in [0.2, 0.25) is 0 Å². The molecule has 0 spiro atoms. The SMILES string of the molecule is COCC1CC(NS(C)(=O)=O)C(O)C1O. The number of hydrogen-bond donors (Lipinski definition) is 3. The molecule has 0 aromatic carbocycles. The quantitative estimate of drug-likeness (QED) is 0.543. The summed E-state index contributed by atoms with van der Waals surface area (Å²) in [6.45, 7) is 0.306. The molecule has 3 N–H and O–H groups in total. The van der Waals surface area contributed by atoms with Crippen molar-refractivity contribution >= 4 is 10.0 Å². The Kier molecular flexibility index (Phi) is 4.07. The number of aliphatic hydroxyl groups is 2. The third-order valence-corrected chi connectivity index (χ3v) is 3.28. The minimum absolute atomic E-state index is 0.232. The van der Waals surface area contributed by atoms with Crippen LogP contribution in [0, 0.1) is 5.92 Å². The highest BCUT2D eigenvalue weighted by atomic mass is 32.2. The number of hydrogen-bond acceptors (Lipinski definition) is 5. The summed E-state index contributed by atoms with van der Waals surface area (Å²) in [6.07, 6.45) is -0.608. The van der Waals surface area contributed by atoms with Crippen molar-refractivity contribution in [3.05, 3.63) is 0 Å². The fourth-order valence-corrected chi connectivity index (χ4v) is 2.68. The molecule has 0 bridgehead atoms. The van der Waals surface area contributed by atoms with Crippen LogP contribution >= 0.6 is 0 Å². The molecule has 0 aromatic heterocycles. The Balaban J connectivity index is 2.63. The van der Waals surface area contributed by atoms with Gasteiger partial charge in [-0.1, -0.05) is 0 Å². The standard InChI is InChI=1S/C8H17NO5S/c1-14-4-5-3-6(8(11)7(5)10)9-15(2,12)13/h5-11H,3-4H2,1-2H3. The molecule has 1 rings (SSSR count). The predicted molar refractivity (Wildman–Crippen MR) is 53.8 cm³/mol. The van der Waals surface area contributed by atoms with Gasteiger partial charge in [-0.3, -0.25) is 0 Å². The second-order valence-electron chi connectivity index (χ2n) is 3.93. The summed E-state index contributed by atoms with van der Waals surface area (Å²) in [5, 5.41) is 19.2. The highest BCUT2D eigenvalue weighted by Crippen LogP contribution is 2.27. The molecule has 90 valence electrons. The number of methoxy groups -OCH3 is 1. The average Bonchev–Trinajstić information content (AvgIpc) is 2.32. The minimum Gasteiger partial charge on any atom is -0.390 e. The van der Waals surface area contributed by atoms with E-state index in [1.54, 1.807) is 0 Å². The van der Waals surface area contributed by atoms with Crippen LogP contribution in [0.1, 0.15) is 6.42 Å². The lowest BCUT2D eigenvalue weighted by Gasteiger charge is -2.16. The van der Waals surface area contributed by atoms with E-state index in [1.165, 1.54) is 7.11 Å². The summed E-state index contributed by atoms with van der Waals surface area (Å²) in [5.41, 5.74) is 0. The molecule has 4 unspecified atom stereocenters. The first-order chi connectivity index (χ1) is 6.85. The molecule has 1 aliphatic carbocycles. The molecule has 15 heavy (non-hydrogen) atoms. The summed E-state index contributed by atoms with van der Waals surface area (Å²) < 4.78 is 29.1. The Morgan fingerprint density at radius 3 is 2.47 bits per heavy atom. The Morgan fingerprint density at radius 2 is 2.00 bits per heavy atom. The highest BCUT2D eigenvalue weighted by Gasteiger charge is 2.42. The molecular formula is C8H17NO5S. The van der Waals surface area contributed by atoms with Gasteiger partial charge in [0.15, 0.2) is 0 Å². The Morgan fingerprint density at radius 1 is 1.40 bits per heavy atom. The molecule has 0 aromatic rings. The molecule has 0 heterocycles. The first-order valence-corrected chi connectivity index (χ1v) is 6.56. The highest BCUT2D eigenvalue weighted by molar-refractivity contribution is 7.88. The van der Waals surface area contributed by atoms with Crippen molar-refractivity contribution in [2.45, 2.75) is 24.7 Å². The molecule has 0 radical (unpaired) electrons. The van der Waals surface area contributed by atoms with E-state index in [0.29, 0.717) is 13.0 Å². The van der Waals surface area contributed by atoms with Gasteiger partial charge >= 0.3 is 0 Å².